The Labute approximate surface area is 149 Å². The molecular weight excluding hydrogens is 332 g/mol. The van der Waals surface area contributed by atoms with Crippen LogP contribution in [0, 0.1) is 5.92 Å². The minimum Gasteiger partial charge on any atom is -0.497 e. The summed E-state index contributed by atoms with van der Waals surface area (Å²) in [5.74, 6) is 1.66. The number of ether oxygens (including phenoxy) is 3. The van der Waals surface area contributed by atoms with E-state index in [1.165, 1.54) is 0 Å². The topological polar surface area (TPSA) is 82.8 Å². The van der Waals surface area contributed by atoms with E-state index >= 15 is 0 Å². The number of halogens is 1. The molecule has 1 aromatic carbocycles. The van der Waals surface area contributed by atoms with Gasteiger partial charge in [-0.3, -0.25) is 4.79 Å². The predicted octanol–water partition coefficient (Wildman–Crippen LogP) is 1.54. The van der Waals surface area contributed by atoms with Gasteiger partial charge in [0, 0.05) is 19.8 Å². The van der Waals surface area contributed by atoms with Gasteiger partial charge < -0.3 is 25.3 Å². The van der Waals surface area contributed by atoms with Crippen molar-refractivity contribution in [2.24, 2.45) is 11.7 Å². The smallest absolute Gasteiger partial charge is 0.237 e. The van der Waals surface area contributed by atoms with Gasteiger partial charge in [0.25, 0.3) is 0 Å². The van der Waals surface area contributed by atoms with Crippen molar-refractivity contribution in [2.75, 3.05) is 34.0 Å². The van der Waals surface area contributed by atoms with Crippen LogP contribution in [0.3, 0.4) is 0 Å². The van der Waals surface area contributed by atoms with E-state index in [1.54, 1.807) is 14.2 Å². The van der Waals surface area contributed by atoms with Crippen molar-refractivity contribution < 1.29 is 19.0 Å². The highest BCUT2D eigenvalue weighted by atomic mass is 35.5. The lowest BCUT2D eigenvalue weighted by atomic mass is 9.92. The van der Waals surface area contributed by atoms with Gasteiger partial charge in [0.1, 0.15) is 11.5 Å². The van der Waals surface area contributed by atoms with E-state index in [1.807, 2.05) is 18.2 Å². The second-order valence-electron chi connectivity index (χ2n) is 5.69. The first-order valence-electron chi connectivity index (χ1n) is 7.97. The van der Waals surface area contributed by atoms with Crippen LogP contribution in [-0.2, 0) is 16.0 Å². The van der Waals surface area contributed by atoms with E-state index in [9.17, 15) is 4.79 Å². The van der Waals surface area contributed by atoms with Crippen molar-refractivity contribution in [1.82, 2.24) is 5.32 Å². The molecule has 6 nitrogen and oxygen atoms in total. The van der Waals surface area contributed by atoms with E-state index in [0.717, 1.165) is 29.9 Å². The molecule has 1 saturated heterocycles. The highest BCUT2D eigenvalue weighted by molar-refractivity contribution is 5.85. The normalized spacial score (nSPS) is 16.0. The molecule has 0 radical (unpaired) electrons. The number of benzene rings is 1. The molecule has 0 aliphatic carbocycles. The quantitative estimate of drug-likeness (QED) is 0.772. The zero-order valence-corrected chi connectivity index (χ0v) is 15.1. The van der Waals surface area contributed by atoms with Gasteiger partial charge in [-0.05, 0) is 48.9 Å². The van der Waals surface area contributed by atoms with Crippen molar-refractivity contribution in [2.45, 2.75) is 25.3 Å². The van der Waals surface area contributed by atoms with E-state index in [0.29, 0.717) is 26.2 Å². The molecular formula is C17H27ClN2O4. The number of hydrogen-bond donors (Lipinski definition) is 2. The van der Waals surface area contributed by atoms with Gasteiger partial charge >= 0.3 is 0 Å². The second kappa shape index (κ2) is 10.4. The lowest BCUT2D eigenvalue weighted by Gasteiger charge is -2.26. The monoisotopic (exact) mass is 358 g/mol. The summed E-state index contributed by atoms with van der Waals surface area (Å²) in [6, 6.07) is 5.17. The predicted molar refractivity (Wildman–Crippen MR) is 95.0 cm³/mol. The molecule has 136 valence electrons. The van der Waals surface area contributed by atoms with Gasteiger partial charge in [0.2, 0.25) is 5.91 Å². The van der Waals surface area contributed by atoms with Crippen LogP contribution in [-0.4, -0.2) is 45.9 Å². The summed E-state index contributed by atoms with van der Waals surface area (Å²) in [6.07, 6.45) is 2.35. The molecule has 2 rings (SSSR count). The molecule has 24 heavy (non-hydrogen) atoms. The van der Waals surface area contributed by atoms with Crippen LogP contribution < -0.4 is 20.5 Å². The summed E-state index contributed by atoms with van der Waals surface area (Å²) in [7, 11) is 3.26. The molecule has 0 spiro atoms. The van der Waals surface area contributed by atoms with Gasteiger partial charge in [0.15, 0.2) is 0 Å². The molecule has 0 saturated carbocycles. The van der Waals surface area contributed by atoms with Crippen LogP contribution in [0.2, 0.25) is 0 Å². The van der Waals surface area contributed by atoms with E-state index < -0.39 is 6.04 Å². The van der Waals surface area contributed by atoms with Crippen LogP contribution in [0.5, 0.6) is 11.5 Å². The Hall–Kier alpha value is -1.50. The van der Waals surface area contributed by atoms with Crippen molar-refractivity contribution in [3.63, 3.8) is 0 Å². The van der Waals surface area contributed by atoms with Crippen LogP contribution in [0.25, 0.3) is 0 Å². The zero-order chi connectivity index (χ0) is 16.7. The number of nitrogens with one attached hydrogen (secondary N) is 1. The Morgan fingerprint density at radius 2 is 2.04 bits per heavy atom. The summed E-state index contributed by atoms with van der Waals surface area (Å²) in [4.78, 5) is 12.2. The molecule has 1 heterocycles. The van der Waals surface area contributed by atoms with Crippen molar-refractivity contribution in [3.05, 3.63) is 23.8 Å². The summed E-state index contributed by atoms with van der Waals surface area (Å²) >= 11 is 0. The first-order chi connectivity index (χ1) is 11.2. The fraction of sp³-hybridized carbons (Fsp3) is 0.588. The number of rotatable bonds is 7. The Kier molecular flexibility index (Phi) is 8.89. The third-order valence-electron chi connectivity index (χ3n) is 4.26. The number of carbonyl (C=O) groups excluding carboxylic acids is 1. The Morgan fingerprint density at radius 3 is 2.67 bits per heavy atom. The zero-order valence-electron chi connectivity index (χ0n) is 14.2. The van der Waals surface area contributed by atoms with Gasteiger partial charge in [-0.1, -0.05) is 0 Å². The molecule has 1 aromatic rings. The van der Waals surface area contributed by atoms with Crippen LogP contribution in [0.4, 0.5) is 0 Å². The number of nitrogens with two attached hydrogens (primary N) is 1. The number of methoxy groups -OCH3 is 2. The SMILES string of the molecule is COc1ccc(OC)c(CCNC(=O)C(N)C2CCOCC2)c1.Cl. The van der Waals surface area contributed by atoms with E-state index in [4.69, 9.17) is 19.9 Å². The lowest BCUT2D eigenvalue weighted by molar-refractivity contribution is -0.124. The third kappa shape index (κ3) is 5.54. The van der Waals surface area contributed by atoms with Crippen molar-refractivity contribution in [3.8, 4) is 11.5 Å². The first-order valence-corrected chi connectivity index (χ1v) is 7.97. The number of hydrogen-bond acceptors (Lipinski definition) is 5. The summed E-state index contributed by atoms with van der Waals surface area (Å²) < 4.78 is 15.9. The fourth-order valence-electron chi connectivity index (χ4n) is 2.80. The molecule has 1 unspecified atom stereocenters. The molecule has 1 aliphatic heterocycles. The average molecular weight is 359 g/mol. The fourth-order valence-corrected chi connectivity index (χ4v) is 2.80. The summed E-state index contributed by atoms with van der Waals surface area (Å²) in [6.45, 7) is 1.89. The molecule has 7 heteroatoms. The Balaban J connectivity index is 0.00000288. The highest BCUT2D eigenvalue weighted by Gasteiger charge is 2.26. The van der Waals surface area contributed by atoms with Crippen molar-refractivity contribution in [1.29, 1.82) is 0 Å². The van der Waals surface area contributed by atoms with Gasteiger partial charge in [-0.15, -0.1) is 12.4 Å². The Morgan fingerprint density at radius 1 is 1.33 bits per heavy atom. The summed E-state index contributed by atoms with van der Waals surface area (Å²) in [5, 5.41) is 2.92. The number of amides is 1. The molecule has 0 bridgehead atoms. The number of carbonyl (C=O) groups is 1. The molecule has 1 atom stereocenters. The van der Waals surface area contributed by atoms with Crippen LogP contribution in [0.15, 0.2) is 18.2 Å². The largest absolute Gasteiger partial charge is 0.497 e. The van der Waals surface area contributed by atoms with Gasteiger partial charge in [0.05, 0.1) is 20.3 Å². The lowest BCUT2D eigenvalue weighted by Crippen LogP contribution is -2.47. The standard InChI is InChI=1S/C17H26N2O4.ClH/c1-21-14-3-4-15(22-2)13(11-14)5-8-19-17(20)16(18)12-6-9-23-10-7-12;/h3-4,11-12,16H,5-10,18H2,1-2H3,(H,19,20);1H. The van der Waals surface area contributed by atoms with Gasteiger partial charge in [-0.25, -0.2) is 0 Å². The van der Waals surface area contributed by atoms with Gasteiger partial charge in [-0.2, -0.15) is 0 Å². The maximum Gasteiger partial charge on any atom is 0.237 e. The summed E-state index contributed by atoms with van der Waals surface area (Å²) in [5.41, 5.74) is 7.05. The minimum absolute atomic E-state index is 0. The molecule has 1 fully saturated rings. The third-order valence-corrected chi connectivity index (χ3v) is 4.26. The molecule has 1 amide bonds. The van der Waals surface area contributed by atoms with Crippen molar-refractivity contribution >= 4 is 18.3 Å². The molecule has 1 aliphatic rings. The minimum atomic E-state index is -0.467. The molecule has 3 N–H and O–H groups in total. The van der Waals surface area contributed by atoms with Crippen LogP contribution in [0.1, 0.15) is 18.4 Å². The molecule has 0 aromatic heterocycles. The van der Waals surface area contributed by atoms with E-state index in [-0.39, 0.29) is 24.2 Å². The Bertz CT molecular complexity index is 521. The highest BCUT2D eigenvalue weighted by Crippen LogP contribution is 2.24. The maximum atomic E-state index is 12.2. The maximum absolute atomic E-state index is 12.2. The van der Waals surface area contributed by atoms with Crippen LogP contribution >= 0.6 is 12.4 Å². The average Bonchev–Trinajstić information content (AvgIpc) is 2.61. The second-order valence-corrected chi connectivity index (χ2v) is 5.69. The first kappa shape index (κ1) is 20.5. The van der Waals surface area contributed by atoms with E-state index in [2.05, 4.69) is 5.32 Å².